The van der Waals surface area contributed by atoms with E-state index in [1.165, 1.54) is 0 Å². The van der Waals surface area contributed by atoms with Crippen molar-refractivity contribution in [1.29, 1.82) is 0 Å². The number of carbonyl (C=O) groups is 4. The molecule has 0 aliphatic heterocycles. The number of H-pyrrole nitrogens is 1. The molecule has 13 nitrogen and oxygen atoms in total. The molecule has 0 aliphatic carbocycles. The Hall–Kier alpha value is -4.13. The highest BCUT2D eigenvalue weighted by molar-refractivity contribution is 5.92. The molecular weight excluding hydrogens is 458 g/mol. The van der Waals surface area contributed by atoms with Gasteiger partial charge in [0.05, 0.1) is 6.04 Å². The second-order valence-corrected chi connectivity index (χ2v) is 8.01. The molecule has 3 unspecified atom stereocenters. The first-order chi connectivity index (χ1) is 16.6. The zero-order valence-corrected chi connectivity index (χ0v) is 19.1. The molecule has 1 aromatic heterocycles. The number of para-hydroxylation sites is 1. The van der Waals surface area contributed by atoms with Crippen LogP contribution in [0.5, 0.6) is 0 Å². The Morgan fingerprint density at radius 1 is 1.00 bits per heavy atom. The summed E-state index contributed by atoms with van der Waals surface area (Å²) >= 11 is 0. The Bertz CT molecular complexity index is 1080. The quantitative estimate of drug-likeness (QED) is 0.0921. The third-order valence-electron chi connectivity index (χ3n) is 5.30. The summed E-state index contributed by atoms with van der Waals surface area (Å²) in [6, 6.07) is 3.81. The van der Waals surface area contributed by atoms with Crippen LogP contribution in [0.3, 0.4) is 0 Å². The van der Waals surface area contributed by atoms with Crippen LogP contribution in [0.1, 0.15) is 31.2 Å². The average Bonchev–Trinajstić information content (AvgIpc) is 3.21. The number of nitrogens with zero attached hydrogens (tertiary/aromatic N) is 1. The minimum Gasteiger partial charge on any atom is -0.481 e. The molecule has 0 saturated heterocycles. The summed E-state index contributed by atoms with van der Waals surface area (Å²) < 4.78 is 0. The van der Waals surface area contributed by atoms with Crippen molar-refractivity contribution in [2.45, 2.75) is 50.2 Å². The first-order valence-electron chi connectivity index (χ1n) is 11.0. The van der Waals surface area contributed by atoms with Gasteiger partial charge in [0.25, 0.3) is 0 Å². The number of fused-ring (bicyclic) bond motifs is 1. The van der Waals surface area contributed by atoms with Gasteiger partial charge in [0.15, 0.2) is 5.96 Å². The van der Waals surface area contributed by atoms with Crippen LogP contribution < -0.4 is 27.8 Å². The number of nitrogens with one attached hydrogen (secondary N) is 3. The Balaban J connectivity index is 2.12. The predicted octanol–water partition coefficient (Wildman–Crippen LogP) is -0.990. The Kier molecular flexibility index (Phi) is 10.0. The number of rotatable bonds is 14. The van der Waals surface area contributed by atoms with Crippen LogP contribution in [0.4, 0.5) is 0 Å². The van der Waals surface area contributed by atoms with Crippen LogP contribution in [-0.4, -0.2) is 69.6 Å². The second kappa shape index (κ2) is 12.9. The Morgan fingerprint density at radius 2 is 1.69 bits per heavy atom. The van der Waals surface area contributed by atoms with Gasteiger partial charge in [-0.3, -0.25) is 19.4 Å². The molecule has 0 fully saturated rings. The standard InChI is InChI=1S/C22H31N7O6/c23-14(7-8-18(30)31)19(32)28-16(6-3-9-26-22(24)25)20(33)29-17(21(34)35)10-12-11-27-15-5-2-1-4-13(12)15/h1-2,4-5,11,14,16-17,27H,3,6-10,23H2,(H,28,32)(H,29,33)(H,30,31)(H,34,35)(H4,24,25,26). The summed E-state index contributed by atoms with van der Waals surface area (Å²) in [5, 5.41) is 24.3. The minimum atomic E-state index is -1.26. The summed E-state index contributed by atoms with van der Waals surface area (Å²) in [5.41, 5.74) is 17.9. The maximum Gasteiger partial charge on any atom is 0.326 e. The largest absolute Gasteiger partial charge is 0.481 e. The maximum atomic E-state index is 13.0. The normalized spacial score (nSPS) is 13.4. The number of guanidine groups is 1. The van der Waals surface area contributed by atoms with Crippen molar-refractivity contribution in [2.24, 2.45) is 22.2 Å². The molecule has 0 aliphatic rings. The highest BCUT2D eigenvalue weighted by Gasteiger charge is 2.28. The average molecular weight is 490 g/mol. The van der Waals surface area contributed by atoms with E-state index >= 15 is 0 Å². The van der Waals surface area contributed by atoms with Crippen molar-refractivity contribution >= 4 is 40.6 Å². The molecule has 2 rings (SSSR count). The second-order valence-electron chi connectivity index (χ2n) is 8.01. The van der Waals surface area contributed by atoms with E-state index in [2.05, 4.69) is 20.6 Å². The van der Waals surface area contributed by atoms with Crippen LogP contribution >= 0.6 is 0 Å². The SMILES string of the molecule is NC(N)=NCCCC(NC(=O)C(N)CCC(=O)O)C(=O)NC(Cc1c[nH]c2ccccc12)C(=O)O. The van der Waals surface area contributed by atoms with E-state index < -0.39 is 41.9 Å². The van der Waals surface area contributed by atoms with Crippen molar-refractivity contribution in [3.8, 4) is 0 Å². The van der Waals surface area contributed by atoms with E-state index in [4.69, 9.17) is 22.3 Å². The number of carbonyl (C=O) groups excluding carboxylic acids is 2. The fourth-order valence-electron chi connectivity index (χ4n) is 3.45. The molecule has 0 spiro atoms. The number of aromatic amines is 1. The predicted molar refractivity (Wildman–Crippen MR) is 128 cm³/mol. The molecule has 1 heterocycles. The first kappa shape index (κ1) is 27.1. The van der Waals surface area contributed by atoms with Gasteiger partial charge in [-0.25, -0.2) is 4.79 Å². The molecule has 3 atom stereocenters. The summed E-state index contributed by atoms with van der Waals surface area (Å²) in [4.78, 5) is 55.0. The van der Waals surface area contributed by atoms with Crippen molar-refractivity contribution < 1.29 is 29.4 Å². The Morgan fingerprint density at radius 3 is 2.34 bits per heavy atom. The van der Waals surface area contributed by atoms with E-state index in [-0.39, 0.29) is 38.2 Å². The number of carboxylic acids is 2. The van der Waals surface area contributed by atoms with E-state index in [1.54, 1.807) is 6.20 Å². The van der Waals surface area contributed by atoms with E-state index in [0.717, 1.165) is 10.9 Å². The molecule has 0 saturated carbocycles. The van der Waals surface area contributed by atoms with Crippen molar-refractivity contribution in [3.05, 3.63) is 36.0 Å². The molecule has 0 bridgehead atoms. The third-order valence-corrected chi connectivity index (χ3v) is 5.30. The zero-order chi connectivity index (χ0) is 26.0. The van der Waals surface area contributed by atoms with Gasteiger partial charge in [0.2, 0.25) is 11.8 Å². The smallest absolute Gasteiger partial charge is 0.326 e. The van der Waals surface area contributed by atoms with Gasteiger partial charge in [-0.15, -0.1) is 0 Å². The number of amides is 2. The van der Waals surface area contributed by atoms with Crippen molar-refractivity contribution in [3.63, 3.8) is 0 Å². The lowest BCUT2D eigenvalue weighted by molar-refractivity contribution is -0.142. The fraction of sp³-hybridized carbons (Fsp3) is 0.409. The van der Waals surface area contributed by atoms with Crippen LogP contribution in [-0.2, 0) is 25.6 Å². The number of aromatic nitrogens is 1. The van der Waals surface area contributed by atoms with Crippen molar-refractivity contribution in [2.75, 3.05) is 6.54 Å². The van der Waals surface area contributed by atoms with Crippen LogP contribution in [0.25, 0.3) is 10.9 Å². The van der Waals surface area contributed by atoms with Crippen LogP contribution in [0.2, 0.25) is 0 Å². The maximum absolute atomic E-state index is 13.0. The lowest BCUT2D eigenvalue weighted by Gasteiger charge is -2.23. The molecule has 13 heteroatoms. The zero-order valence-electron chi connectivity index (χ0n) is 19.1. The Labute approximate surface area is 201 Å². The highest BCUT2D eigenvalue weighted by atomic mass is 16.4. The van der Waals surface area contributed by atoms with Gasteiger partial charge >= 0.3 is 11.9 Å². The number of benzene rings is 1. The summed E-state index contributed by atoms with van der Waals surface area (Å²) in [6.07, 6.45) is 1.66. The number of nitrogens with two attached hydrogens (primary N) is 3. The van der Waals surface area contributed by atoms with E-state index in [1.807, 2.05) is 24.3 Å². The molecule has 35 heavy (non-hydrogen) atoms. The van der Waals surface area contributed by atoms with E-state index in [0.29, 0.717) is 12.0 Å². The number of hydrogen-bond donors (Lipinski definition) is 8. The van der Waals surface area contributed by atoms with Crippen LogP contribution in [0, 0.1) is 0 Å². The molecule has 190 valence electrons. The summed E-state index contributed by atoms with van der Waals surface area (Å²) in [7, 11) is 0. The lowest BCUT2D eigenvalue weighted by atomic mass is 10.0. The van der Waals surface area contributed by atoms with Gasteiger partial charge in [0.1, 0.15) is 12.1 Å². The van der Waals surface area contributed by atoms with Gasteiger partial charge in [-0.1, -0.05) is 18.2 Å². The van der Waals surface area contributed by atoms with Crippen molar-refractivity contribution in [1.82, 2.24) is 15.6 Å². The molecule has 1 aromatic carbocycles. The van der Waals surface area contributed by atoms with Crippen LogP contribution in [0.15, 0.2) is 35.5 Å². The number of carboxylic acid groups (broad SMARTS) is 2. The van der Waals surface area contributed by atoms with Gasteiger partial charge in [0, 0.05) is 36.5 Å². The first-order valence-corrected chi connectivity index (χ1v) is 11.0. The monoisotopic (exact) mass is 489 g/mol. The molecule has 0 radical (unpaired) electrons. The fourth-order valence-corrected chi connectivity index (χ4v) is 3.45. The van der Waals surface area contributed by atoms with Gasteiger partial charge < -0.3 is 43.0 Å². The topological polar surface area (TPSA) is 239 Å². The number of hydrogen-bond acceptors (Lipinski definition) is 6. The van der Waals surface area contributed by atoms with E-state index in [9.17, 15) is 24.3 Å². The number of aliphatic imine (C=N–C) groups is 1. The van der Waals surface area contributed by atoms with Gasteiger partial charge in [-0.05, 0) is 30.9 Å². The lowest BCUT2D eigenvalue weighted by Crippen LogP contribution is -2.54. The molecule has 11 N–H and O–H groups in total. The highest BCUT2D eigenvalue weighted by Crippen LogP contribution is 2.19. The summed E-state index contributed by atoms with van der Waals surface area (Å²) in [5.74, 6) is -3.93. The molecular formula is C22H31N7O6. The molecule has 2 amide bonds. The van der Waals surface area contributed by atoms with Gasteiger partial charge in [-0.2, -0.15) is 0 Å². The molecule has 2 aromatic rings. The minimum absolute atomic E-state index is 0.0118. The summed E-state index contributed by atoms with van der Waals surface area (Å²) in [6.45, 7) is 0.185. The number of aliphatic carboxylic acids is 2. The third kappa shape index (κ3) is 8.62.